The van der Waals surface area contributed by atoms with Gasteiger partial charge in [-0.25, -0.2) is 8.42 Å². The molecule has 2 aromatic carbocycles. The molecule has 0 unspecified atom stereocenters. The van der Waals surface area contributed by atoms with E-state index in [4.69, 9.17) is 0 Å². The average Bonchev–Trinajstić information content (AvgIpc) is 2.76. The second kappa shape index (κ2) is 11.8. The zero-order chi connectivity index (χ0) is 25.6. The van der Waals surface area contributed by atoms with Gasteiger partial charge in [0.05, 0.1) is 11.9 Å². The highest BCUT2D eigenvalue weighted by molar-refractivity contribution is 9.10. The molecule has 34 heavy (non-hydrogen) atoms. The Balaban J connectivity index is 2.43. The molecule has 0 saturated carbocycles. The minimum Gasteiger partial charge on any atom is -0.352 e. The summed E-state index contributed by atoms with van der Waals surface area (Å²) in [6.45, 7) is 8.93. The highest BCUT2D eigenvalue weighted by Crippen LogP contribution is 2.27. The van der Waals surface area contributed by atoms with Gasteiger partial charge in [-0.2, -0.15) is 0 Å². The molecule has 0 aliphatic heterocycles. The molecule has 2 rings (SSSR count). The number of rotatable bonds is 10. The van der Waals surface area contributed by atoms with Crippen molar-refractivity contribution in [2.75, 3.05) is 17.1 Å². The molecule has 1 N–H and O–H groups in total. The van der Waals surface area contributed by atoms with E-state index in [9.17, 15) is 18.0 Å². The predicted molar refractivity (Wildman–Crippen MR) is 140 cm³/mol. The summed E-state index contributed by atoms with van der Waals surface area (Å²) in [4.78, 5) is 28.0. The van der Waals surface area contributed by atoms with E-state index in [1.165, 1.54) is 4.90 Å². The van der Waals surface area contributed by atoms with Crippen molar-refractivity contribution in [2.45, 2.75) is 59.7 Å². The smallest absolute Gasteiger partial charge is 0.244 e. The van der Waals surface area contributed by atoms with Gasteiger partial charge in [0, 0.05) is 17.1 Å². The summed E-state index contributed by atoms with van der Waals surface area (Å²) in [7, 11) is -3.76. The van der Waals surface area contributed by atoms with Crippen LogP contribution < -0.4 is 9.62 Å². The number of sulfonamides is 1. The average molecular weight is 553 g/mol. The van der Waals surface area contributed by atoms with Crippen LogP contribution in [0, 0.1) is 13.8 Å². The summed E-state index contributed by atoms with van der Waals surface area (Å²) >= 11 is 3.40. The van der Waals surface area contributed by atoms with Crippen molar-refractivity contribution in [1.29, 1.82) is 0 Å². The standard InChI is InChI=1S/C25H34BrN3O4S/c1-7-19(4)27-25(31)20(5)28(15-21-11-13-22(26)14-12-21)23(30)16-29(34(6,32)33)24-17(2)9-8-10-18(24)3/h8-14,19-20H,7,15-16H2,1-6H3,(H,27,31)/t19-,20-/m1/s1. The summed E-state index contributed by atoms with van der Waals surface area (Å²) in [6.07, 6.45) is 1.85. The fourth-order valence-corrected chi connectivity index (χ4v) is 4.84. The summed E-state index contributed by atoms with van der Waals surface area (Å²) in [5.74, 6) is -0.736. The van der Waals surface area contributed by atoms with Gasteiger partial charge in [-0.15, -0.1) is 0 Å². The Hall–Kier alpha value is -2.39. The van der Waals surface area contributed by atoms with Crippen molar-refractivity contribution in [3.8, 4) is 0 Å². The van der Waals surface area contributed by atoms with Crippen LogP contribution in [0.15, 0.2) is 46.9 Å². The first kappa shape index (κ1) is 27.9. The molecule has 0 heterocycles. The van der Waals surface area contributed by atoms with E-state index in [2.05, 4.69) is 21.2 Å². The highest BCUT2D eigenvalue weighted by Gasteiger charge is 2.31. The lowest BCUT2D eigenvalue weighted by atomic mass is 10.1. The molecule has 2 aromatic rings. The molecule has 186 valence electrons. The Labute approximate surface area is 211 Å². The Morgan fingerprint density at radius 2 is 1.59 bits per heavy atom. The van der Waals surface area contributed by atoms with Gasteiger partial charge in [-0.1, -0.05) is 53.2 Å². The van der Waals surface area contributed by atoms with E-state index in [1.54, 1.807) is 6.92 Å². The number of carbonyl (C=O) groups is 2. The zero-order valence-corrected chi connectivity index (χ0v) is 23.0. The molecule has 0 saturated heterocycles. The van der Waals surface area contributed by atoms with Gasteiger partial charge in [-0.3, -0.25) is 13.9 Å². The van der Waals surface area contributed by atoms with Gasteiger partial charge in [0.15, 0.2) is 0 Å². The number of para-hydroxylation sites is 1. The number of benzene rings is 2. The largest absolute Gasteiger partial charge is 0.352 e. The van der Waals surface area contributed by atoms with Gasteiger partial charge >= 0.3 is 0 Å². The molecule has 2 atom stereocenters. The molecular formula is C25H34BrN3O4S. The van der Waals surface area contributed by atoms with Crippen LogP contribution in [-0.4, -0.2) is 50.0 Å². The maximum atomic E-state index is 13.6. The number of nitrogens with zero attached hydrogens (tertiary/aromatic N) is 2. The predicted octanol–water partition coefficient (Wildman–Crippen LogP) is 4.16. The first-order valence-corrected chi connectivity index (χ1v) is 13.9. The van der Waals surface area contributed by atoms with Crippen LogP contribution in [-0.2, 0) is 26.2 Å². The second-order valence-electron chi connectivity index (χ2n) is 8.65. The van der Waals surface area contributed by atoms with E-state index in [0.29, 0.717) is 5.69 Å². The van der Waals surface area contributed by atoms with Gasteiger partial charge in [-0.05, 0) is 62.9 Å². The third kappa shape index (κ3) is 7.30. The van der Waals surface area contributed by atoms with Crippen LogP contribution in [0.25, 0.3) is 0 Å². The maximum absolute atomic E-state index is 13.6. The molecule has 0 aromatic heterocycles. The summed E-state index contributed by atoms with van der Waals surface area (Å²) in [6, 6.07) is 12.1. The van der Waals surface area contributed by atoms with Gasteiger partial charge < -0.3 is 10.2 Å². The minimum atomic E-state index is -3.76. The molecular weight excluding hydrogens is 518 g/mol. The first-order chi connectivity index (χ1) is 15.8. The third-order valence-electron chi connectivity index (χ3n) is 5.80. The van der Waals surface area contributed by atoms with Crippen LogP contribution in [0.3, 0.4) is 0 Å². The van der Waals surface area contributed by atoms with Crippen molar-refractivity contribution in [2.24, 2.45) is 0 Å². The van der Waals surface area contributed by atoms with E-state index >= 15 is 0 Å². The monoisotopic (exact) mass is 551 g/mol. The van der Waals surface area contributed by atoms with Crippen molar-refractivity contribution >= 4 is 43.5 Å². The SMILES string of the molecule is CC[C@@H](C)NC(=O)[C@@H](C)N(Cc1ccc(Br)cc1)C(=O)CN(c1c(C)cccc1C)S(C)(=O)=O. The van der Waals surface area contributed by atoms with Crippen LogP contribution in [0.2, 0.25) is 0 Å². The number of aryl methyl sites for hydroxylation is 2. The van der Waals surface area contributed by atoms with Crippen molar-refractivity contribution in [1.82, 2.24) is 10.2 Å². The van der Waals surface area contributed by atoms with Crippen molar-refractivity contribution in [3.63, 3.8) is 0 Å². The molecule has 0 radical (unpaired) electrons. The number of nitrogens with one attached hydrogen (secondary N) is 1. The van der Waals surface area contributed by atoms with Gasteiger partial charge in [0.1, 0.15) is 12.6 Å². The van der Waals surface area contributed by atoms with Crippen LogP contribution in [0.4, 0.5) is 5.69 Å². The number of hydrogen-bond acceptors (Lipinski definition) is 4. The Bertz CT molecular complexity index is 1100. The highest BCUT2D eigenvalue weighted by atomic mass is 79.9. The van der Waals surface area contributed by atoms with E-state index in [1.807, 2.05) is 70.2 Å². The van der Waals surface area contributed by atoms with Crippen LogP contribution in [0.1, 0.15) is 43.9 Å². The second-order valence-corrected chi connectivity index (χ2v) is 11.5. The Morgan fingerprint density at radius 1 is 1.03 bits per heavy atom. The number of carbonyl (C=O) groups excluding carboxylic acids is 2. The maximum Gasteiger partial charge on any atom is 0.244 e. The van der Waals surface area contributed by atoms with E-state index < -0.39 is 28.5 Å². The normalized spacial score (nSPS) is 13.1. The topological polar surface area (TPSA) is 86.8 Å². The fraction of sp³-hybridized carbons (Fsp3) is 0.440. The number of halogens is 1. The van der Waals surface area contributed by atoms with Crippen LogP contribution >= 0.6 is 15.9 Å². The molecule has 0 spiro atoms. The minimum absolute atomic E-state index is 0.0401. The number of hydrogen-bond donors (Lipinski definition) is 1. The number of amides is 2. The molecule has 7 nitrogen and oxygen atoms in total. The zero-order valence-electron chi connectivity index (χ0n) is 20.6. The fourth-order valence-electron chi connectivity index (χ4n) is 3.61. The lowest BCUT2D eigenvalue weighted by Gasteiger charge is -2.32. The molecule has 0 fully saturated rings. The Kier molecular flexibility index (Phi) is 9.70. The number of anilines is 1. The molecule has 2 amide bonds. The molecule has 0 bridgehead atoms. The molecule has 0 aliphatic rings. The quantitative estimate of drug-likeness (QED) is 0.480. The van der Waals surface area contributed by atoms with Gasteiger partial charge in [0.25, 0.3) is 0 Å². The van der Waals surface area contributed by atoms with Crippen molar-refractivity contribution in [3.05, 3.63) is 63.6 Å². The summed E-state index contributed by atoms with van der Waals surface area (Å²) < 4.78 is 27.5. The van der Waals surface area contributed by atoms with Crippen molar-refractivity contribution < 1.29 is 18.0 Å². The first-order valence-electron chi connectivity index (χ1n) is 11.2. The Morgan fingerprint density at radius 3 is 2.09 bits per heavy atom. The summed E-state index contributed by atoms with van der Waals surface area (Å²) in [5, 5.41) is 2.92. The lowest BCUT2D eigenvalue weighted by molar-refractivity contribution is -0.139. The lowest BCUT2D eigenvalue weighted by Crippen LogP contribution is -2.52. The molecule has 0 aliphatic carbocycles. The van der Waals surface area contributed by atoms with Crippen LogP contribution in [0.5, 0.6) is 0 Å². The third-order valence-corrected chi connectivity index (χ3v) is 7.44. The summed E-state index contributed by atoms with van der Waals surface area (Å²) in [5.41, 5.74) is 2.82. The van der Waals surface area contributed by atoms with E-state index in [-0.39, 0.29) is 18.5 Å². The van der Waals surface area contributed by atoms with E-state index in [0.717, 1.165) is 38.1 Å². The van der Waals surface area contributed by atoms with Gasteiger partial charge in [0.2, 0.25) is 21.8 Å². The molecule has 9 heteroatoms.